The number of carboxylic acid groups (broad SMARTS) is 1. The summed E-state index contributed by atoms with van der Waals surface area (Å²) >= 11 is 0. The molecule has 0 aliphatic carbocycles. The highest BCUT2D eigenvalue weighted by Gasteiger charge is 2.27. The van der Waals surface area contributed by atoms with Crippen LogP contribution in [-0.2, 0) is 9.59 Å². The average molecular weight is 362 g/mol. The second-order valence-corrected chi connectivity index (χ2v) is 5.62. The van der Waals surface area contributed by atoms with Gasteiger partial charge in [0, 0.05) is 26.2 Å². The fraction of sp³-hybridized carbons (Fsp3) is 0.294. The van der Waals surface area contributed by atoms with Crippen molar-refractivity contribution in [1.29, 1.82) is 0 Å². The summed E-state index contributed by atoms with van der Waals surface area (Å²) in [5.41, 5.74) is 0.603. The molecule has 2 amide bonds. The highest BCUT2D eigenvalue weighted by atomic mass is 19.1. The van der Waals surface area contributed by atoms with Gasteiger partial charge in [-0.3, -0.25) is 9.59 Å². The molecule has 2 N–H and O–H groups in total. The number of carbonyl (C=O) groups is 3. The number of nitrogens with one attached hydrogen (secondary N) is 1. The molecule has 0 fully saturated rings. The van der Waals surface area contributed by atoms with Crippen molar-refractivity contribution in [2.45, 2.75) is 19.9 Å². The zero-order chi connectivity index (χ0) is 19.3. The van der Waals surface area contributed by atoms with Gasteiger partial charge in [0.25, 0.3) is 5.91 Å². The van der Waals surface area contributed by atoms with Crippen molar-refractivity contribution in [3.8, 4) is 5.69 Å². The minimum atomic E-state index is -1.17. The molecular formula is C17H19FN4O4. The largest absolute Gasteiger partial charge is 0.480 e. The predicted molar refractivity (Wildman–Crippen MR) is 90.3 cm³/mol. The summed E-state index contributed by atoms with van der Waals surface area (Å²) in [4.78, 5) is 36.1. The van der Waals surface area contributed by atoms with Gasteiger partial charge < -0.3 is 15.3 Å². The number of carbonyl (C=O) groups excluding carboxylic acids is 2. The molecular weight excluding hydrogens is 343 g/mol. The Morgan fingerprint density at radius 2 is 1.92 bits per heavy atom. The summed E-state index contributed by atoms with van der Waals surface area (Å²) in [5, 5.41) is 15.9. The standard InChI is InChI=1S/C17H19FN4O4/c1-11(17(25)26)21(10-8-19-12(2)23)16(24)15-7-9-22(20-15)14-5-3-13(18)4-6-14/h3-7,9,11H,8,10H2,1-2H3,(H,19,23)(H,25,26). The highest BCUT2D eigenvalue weighted by molar-refractivity contribution is 5.95. The van der Waals surface area contributed by atoms with Crippen LogP contribution in [0.15, 0.2) is 36.5 Å². The lowest BCUT2D eigenvalue weighted by Gasteiger charge is -2.25. The molecule has 0 spiro atoms. The van der Waals surface area contributed by atoms with Crippen LogP contribution >= 0.6 is 0 Å². The first-order valence-electron chi connectivity index (χ1n) is 7.89. The maximum atomic E-state index is 13.0. The second kappa shape index (κ2) is 8.24. The predicted octanol–water partition coefficient (Wildman–Crippen LogP) is 1.06. The van der Waals surface area contributed by atoms with Crippen LogP contribution in [0.5, 0.6) is 0 Å². The van der Waals surface area contributed by atoms with E-state index in [1.54, 1.807) is 0 Å². The van der Waals surface area contributed by atoms with Crippen molar-refractivity contribution in [2.24, 2.45) is 0 Å². The first-order valence-corrected chi connectivity index (χ1v) is 7.89. The van der Waals surface area contributed by atoms with E-state index in [0.29, 0.717) is 5.69 Å². The number of aromatic nitrogens is 2. The molecule has 1 atom stereocenters. The fourth-order valence-corrected chi connectivity index (χ4v) is 2.28. The summed E-state index contributed by atoms with van der Waals surface area (Å²) in [7, 11) is 0. The van der Waals surface area contributed by atoms with E-state index in [1.165, 1.54) is 55.1 Å². The van der Waals surface area contributed by atoms with E-state index >= 15 is 0 Å². The van der Waals surface area contributed by atoms with Gasteiger partial charge in [0.05, 0.1) is 5.69 Å². The Balaban J connectivity index is 2.20. The number of rotatable bonds is 7. The lowest BCUT2D eigenvalue weighted by molar-refractivity contribution is -0.141. The van der Waals surface area contributed by atoms with Gasteiger partial charge in [-0.2, -0.15) is 5.10 Å². The minimum Gasteiger partial charge on any atom is -0.480 e. The van der Waals surface area contributed by atoms with Gasteiger partial charge in [-0.25, -0.2) is 13.9 Å². The van der Waals surface area contributed by atoms with Gasteiger partial charge in [-0.15, -0.1) is 0 Å². The molecule has 0 aliphatic heterocycles. The SMILES string of the molecule is CC(=O)NCCN(C(=O)c1ccn(-c2ccc(F)cc2)n1)C(C)C(=O)O. The Bertz CT molecular complexity index is 803. The average Bonchev–Trinajstić information content (AvgIpc) is 3.08. The molecule has 0 radical (unpaired) electrons. The van der Waals surface area contributed by atoms with Crippen molar-refractivity contribution >= 4 is 17.8 Å². The van der Waals surface area contributed by atoms with Gasteiger partial charge in [0.1, 0.15) is 11.9 Å². The van der Waals surface area contributed by atoms with Crippen molar-refractivity contribution in [3.05, 3.63) is 48.0 Å². The first kappa shape index (κ1) is 19.1. The van der Waals surface area contributed by atoms with Gasteiger partial charge in [0.2, 0.25) is 5.91 Å². The van der Waals surface area contributed by atoms with E-state index in [-0.39, 0.29) is 24.7 Å². The summed E-state index contributed by atoms with van der Waals surface area (Å²) in [6.07, 6.45) is 1.53. The maximum absolute atomic E-state index is 13.0. The molecule has 8 nitrogen and oxygen atoms in total. The smallest absolute Gasteiger partial charge is 0.326 e. The number of carboxylic acids is 1. The molecule has 0 saturated carbocycles. The minimum absolute atomic E-state index is 0.0231. The molecule has 2 aromatic rings. The molecule has 9 heteroatoms. The van der Waals surface area contributed by atoms with Crippen LogP contribution in [0, 0.1) is 5.82 Å². The van der Waals surface area contributed by atoms with E-state index in [9.17, 15) is 23.9 Å². The highest BCUT2D eigenvalue weighted by Crippen LogP contribution is 2.12. The van der Waals surface area contributed by atoms with E-state index in [4.69, 9.17) is 0 Å². The number of benzene rings is 1. The third-order valence-electron chi connectivity index (χ3n) is 3.71. The van der Waals surface area contributed by atoms with Crippen LogP contribution in [0.2, 0.25) is 0 Å². The molecule has 1 unspecified atom stereocenters. The van der Waals surface area contributed by atoms with Crippen LogP contribution in [0.4, 0.5) is 4.39 Å². The van der Waals surface area contributed by atoms with E-state index in [2.05, 4.69) is 10.4 Å². The Morgan fingerprint density at radius 1 is 1.27 bits per heavy atom. The van der Waals surface area contributed by atoms with E-state index < -0.39 is 23.7 Å². The lowest BCUT2D eigenvalue weighted by atomic mass is 10.2. The number of amides is 2. The van der Waals surface area contributed by atoms with Crippen molar-refractivity contribution in [2.75, 3.05) is 13.1 Å². The summed E-state index contributed by atoms with van der Waals surface area (Å²) in [5.74, 6) is -2.41. The first-order chi connectivity index (χ1) is 12.3. The van der Waals surface area contributed by atoms with Gasteiger partial charge in [0.15, 0.2) is 5.69 Å². The van der Waals surface area contributed by atoms with Crippen molar-refractivity contribution < 1.29 is 23.9 Å². The summed E-state index contributed by atoms with van der Waals surface area (Å²) in [6, 6.07) is 5.91. The monoisotopic (exact) mass is 362 g/mol. The van der Waals surface area contributed by atoms with Crippen LogP contribution in [0.25, 0.3) is 5.69 Å². The molecule has 1 aromatic heterocycles. The van der Waals surface area contributed by atoms with Crippen molar-refractivity contribution in [3.63, 3.8) is 0 Å². The molecule has 1 aromatic carbocycles. The summed E-state index contributed by atoms with van der Waals surface area (Å²) in [6.45, 7) is 2.86. The summed E-state index contributed by atoms with van der Waals surface area (Å²) < 4.78 is 14.4. The number of hydrogen-bond donors (Lipinski definition) is 2. The Labute approximate surface area is 149 Å². The Morgan fingerprint density at radius 3 is 2.50 bits per heavy atom. The molecule has 1 heterocycles. The normalized spacial score (nSPS) is 11.7. The molecule has 2 rings (SSSR count). The maximum Gasteiger partial charge on any atom is 0.326 e. The van der Waals surface area contributed by atoms with Gasteiger partial charge in [-0.05, 0) is 37.3 Å². The fourth-order valence-electron chi connectivity index (χ4n) is 2.28. The molecule has 0 saturated heterocycles. The third kappa shape index (κ3) is 4.65. The zero-order valence-corrected chi connectivity index (χ0v) is 14.3. The van der Waals surface area contributed by atoms with Crippen LogP contribution in [0.3, 0.4) is 0 Å². The number of hydrogen-bond acceptors (Lipinski definition) is 4. The Kier molecular flexibility index (Phi) is 6.05. The number of aliphatic carboxylic acids is 1. The molecule has 0 aliphatic rings. The topological polar surface area (TPSA) is 105 Å². The number of halogens is 1. The van der Waals surface area contributed by atoms with E-state index in [1.807, 2.05) is 0 Å². The van der Waals surface area contributed by atoms with Crippen LogP contribution in [0.1, 0.15) is 24.3 Å². The zero-order valence-electron chi connectivity index (χ0n) is 14.3. The number of nitrogens with zero attached hydrogens (tertiary/aromatic N) is 3. The Hall–Kier alpha value is -3.23. The van der Waals surface area contributed by atoms with Gasteiger partial charge in [-0.1, -0.05) is 0 Å². The molecule has 138 valence electrons. The second-order valence-electron chi connectivity index (χ2n) is 5.62. The molecule has 26 heavy (non-hydrogen) atoms. The lowest BCUT2D eigenvalue weighted by Crippen LogP contribution is -2.46. The third-order valence-corrected chi connectivity index (χ3v) is 3.71. The van der Waals surface area contributed by atoms with Crippen LogP contribution in [-0.4, -0.2) is 56.7 Å². The molecule has 0 bridgehead atoms. The van der Waals surface area contributed by atoms with Crippen LogP contribution < -0.4 is 5.32 Å². The van der Waals surface area contributed by atoms with Gasteiger partial charge >= 0.3 is 5.97 Å². The van der Waals surface area contributed by atoms with E-state index in [0.717, 1.165) is 4.90 Å². The van der Waals surface area contributed by atoms with Crippen molar-refractivity contribution in [1.82, 2.24) is 20.0 Å². The quantitative estimate of drug-likeness (QED) is 0.766.